The molecule has 10 heteroatoms. The average molecular weight is 1170 g/mol. The summed E-state index contributed by atoms with van der Waals surface area (Å²) in [6, 6.07) is 0. The predicted octanol–water partition coefficient (Wildman–Crippen LogP) is 22.1. The summed E-state index contributed by atoms with van der Waals surface area (Å²) in [7, 11) is -4.41. The Morgan fingerprint density at radius 1 is 0.373 bits per heavy atom. The molecule has 0 saturated carbocycles. The van der Waals surface area contributed by atoms with E-state index in [1.54, 1.807) is 0 Å². The monoisotopic (exact) mass is 1170 g/mol. The van der Waals surface area contributed by atoms with Crippen LogP contribution in [0.1, 0.15) is 284 Å². The van der Waals surface area contributed by atoms with Crippen molar-refractivity contribution in [2.45, 2.75) is 290 Å². The Hall–Kier alpha value is -3.85. The highest BCUT2D eigenvalue weighted by molar-refractivity contribution is 7.47. The minimum absolute atomic E-state index is 0.0415. The first kappa shape index (κ1) is 79.2. The molecule has 9 nitrogen and oxygen atoms in total. The van der Waals surface area contributed by atoms with E-state index >= 15 is 0 Å². The van der Waals surface area contributed by atoms with Gasteiger partial charge in [-0.15, -0.1) is 0 Å². The standard InChI is InChI=1S/C73H124NO8P/c1-3-5-7-9-11-13-15-17-19-21-23-25-27-29-31-33-35-37-39-41-43-45-47-49-51-53-55-57-59-61-63-65-72(75)79-69-71(70-81-83(77,78)80-68-67-74)82-73(76)66-64-62-60-58-56-54-52-50-48-46-44-42-40-38-36-34-32-30-28-26-24-22-20-18-16-14-12-10-8-6-4-2/h6,8,12,14-15,17-18,20-21,23-24,26,30,32,36,38,42,44,48,50,54,56,71H,3-5,7,9-11,13,16,19,22,25,27-29,31,33-35,37,39-41,43,45-47,49,51-53,55,57-70,74H2,1-2H3,(H,77,78)/b8-6-,14-12-,17-15-,20-18-,23-21-,26-24-,32-30-,38-36-,44-42-,50-48-,56-54-. The van der Waals surface area contributed by atoms with Crippen LogP contribution in [0, 0.1) is 0 Å². The second-order valence-electron chi connectivity index (χ2n) is 22.0. The molecule has 0 aromatic rings. The van der Waals surface area contributed by atoms with Crippen LogP contribution in [-0.2, 0) is 32.7 Å². The molecule has 0 spiro atoms. The van der Waals surface area contributed by atoms with Crippen molar-refractivity contribution < 1.29 is 37.6 Å². The lowest BCUT2D eigenvalue weighted by Crippen LogP contribution is -2.29. The van der Waals surface area contributed by atoms with Gasteiger partial charge in [-0.1, -0.05) is 289 Å². The van der Waals surface area contributed by atoms with Gasteiger partial charge in [0.2, 0.25) is 0 Å². The van der Waals surface area contributed by atoms with Gasteiger partial charge >= 0.3 is 19.8 Å². The number of hydrogen-bond donors (Lipinski definition) is 2. The molecule has 0 aromatic carbocycles. The van der Waals surface area contributed by atoms with Crippen LogP contribution in [0.4, 0.5) is 0 Å². The SMILES string of the molecule is CC/C=C\C/C=C\C/C=C\C/C=C\C/C=C\C/C=C\C/C=C\C/C=C\C/C=C\CCCCCC(=O)OC(COC(=O)CCCCCCCCCCCCCCCCCCCCC/C=C\C/C=C\CCCCCCC)COP(=O)(O)OCCN. The van der Waals surface area contributed by atoms with E-state index in [9.17, 15) is 19.0 Å². The van der Waals surface area contributed by atoms with Gasteiger partial charge in [0.25, 0.3) is 0 Å². The number of carbonyl (C=O) groups excluding carboxylic acids is 2. The van der Waals surface area contributed by atoms with Crippen molar-refractivity contribution in [1.82, 2.24) is 0 Å². The fourth-order valence-electron chi connectivity index (χ4n) is 9.07. The number of rotatable bonds is 62. The molecule has 3 N–H and O–H groups in total. The van der Waals surface area contributed by atoms with Gasteiger partial charge in [0.15, 0.2) is 6.10 Å². The van der Waals surface area contributed by atoms with E-state index in [4.69, 9.17) is 24.3 Å². The van der Waals surface area contributed by atoms with E-state index in [-0.39, 0.29) is 32.6 Å². The van der Waals surface area contributed by atoms with Gasteiger partial charge in [-0.25, -0.2) is 4.57 Å². The minimum Gasteiger partial charge on any atom is -0.462 e. The highest BCUT2D eigenvalue weighted by Crippen LogP contribution is 2.43. The number of esters is 2. The van der Waals surface area contributed by atoms with Crippen LogP contribution in [0.3, 0.4) is 0 Å². The van der Waals surface area contributed by atoms with Gasteiger partial charge < -0.3 is 20.1 Å². The van der Waals surface area contributed by atoms with Crippen molar-refractivity contribution in [3.63, 3.8) is 0 Å². The zero-order valence-corrected chi connectivity index (χ0v) is 54.0. The minimum atomic E-state index is -4.41. The molecule has 0 amide bonds. The molecule has 0 aromatic heterocycles. The summed E-state index contributed by atoms with van der Waals surface area (Å²) >= 11 is 0. The quantitative estimate of drug-likeness (QED) is 0.0264. The van der Waals surface area contributed by atoms with Crippen molar-refractivity contribution in [2.24, 2.45) is 5.73 Å². The molecule has 0 fully saturated rings. The third kappa shape index (κ3) is 67.2. The fraction of sp³-hybridized carbons (Fsp3) is 0.671. The number of allylic oxidation sites excluding steroid dienone is 22. The summed E-state index contributed by atoms with van der Waals surface area (Å²) < 4.78 is 33.1. The molecule has 474 valence electrons. The largest absolute Gasteiger partial charge is 0.472 e. The highest BCUT2D eigenvalue weighted by Gasteiger charge is 2.26. The lowest BCUT2D eigenvalue weighted by molar-refractivity contribution is -0.161. The Labute approximate surface area is 510 Å². The zero-order valence-electron chi connectivity index (χ0n) is 53.1. The predicted molar refractivity (Wildman–Crippen MR) is 357 cm³/mol. The smallest absolute Gasteiger partial charge is 0.462 e. The van der Waals surface area contributed by atoms with Crippen LogP contribution >= 0.6 is 7.82 Å². The van der Waals surface area contributed by atoms with Crippen molar-refractivity contribution in [3.05, 3.63) is 134 Å². The number of nitrogens with two attached hydrogens (primary N) is 1. The van der Waals surface area contributed by atoms with Gasteiger partial charge in [0.1, 0.15) is 6.61 Å². The number of ether oxygens (including phenoxy) is 2. The third-order valence-corrected chi connectivity index (χ3v) is 15.0. The Kier molecular flexibility index (Phi) is 64.2. The van der Waals surface area contributed by atoms with E-state index in [2.05, 4.69) is 148 Å². The van der Waals surface area contributed by atoms with Gasteiger partial charge in [0, 0.05) is 19.4 Å². The maximum absolute atomic E-state index is 12.7. The first-order valence-electron chi connectivity index (χ1n) is 33.7. The Bertz CT molecular complexity index is 1820. The summed E-state index contributed by atoms with van der Waals surface area (Å²) in [5.74, 6) is -0.867. The van der Waals surface area contributed by atoms with E-state index in [0.717, 1.165) is 103 Å². The second-order valence-corrected chi connectivity index (χ2v) is 23.4. The lowest BCUT2D eigenvalue weighted by Gasteiger charge is -2.19. The molecular formula is C73H124NO8P. The maximum Gasteiger partial charge on any atom is 0.472 e. The lowest BCUT2D eigenvalue weighted by atomic mass is 10.0. The molecule has 0 saturated heterocycles. The van der Waals surface area contributed by atoms with Gasteiger partial charge in [-0.05, 0) is 116 Å². The number of phosphoric ester groups is 1. The van der Waals surface area contributed by atoms with Crippen LogP contribution in [0.5, 0.6) is 0 Å². The van der Waals surface area contributed by atoms with E-state index in [1.807, 2.05) is 0 Å². The first-order chi connectivity index (χ1) is 40.8. The average Bonchev–Trinajstić information content (AvgIpc) is 3.48. The van der Waals surface area contributed by atoms with Crippen molar-refractivity contribution >= 4 is 19.8 Å². The summed E-state index contributed by atoms with van der Waals surface area (Å²) in [5.41, 5.74) is 5.39. The van der Waals surface area contributed by atoms with E-state index < -0.39 is 32.5 Å². The van der Waals surface area contributed by atoms with Gasteiger partial charge in [-0.2, -0.15) is 0 Å². The number of phosphoric acid groups is 1. The van der Waals surface area contributed by atoms with Crippen molar-refractivity contribution in [1.29, 1.82) is 0 Å². The maximum atomic E-state index is 12.7. The van der Waals surface area contributed by atoms with Crippen molar-refractivity contribution in [3.8, 4) is 0 Å². The van der Waals surface area contributed by atoms with Crippen LogP contribution < -0.4 is 5.73 Å². The summed E-state index contributed by atoms with van der Waals surface area (Å²) in [6.07, 6.45) is 95.3. The normalized spacial score (nSPS) is 13.8. The molecule has 2 atom stereocenters. The van der Waals surface area contributed by atoms with Crippen LogP contribution in [0.2, 0.25) is 0 Å². The van der Waals surface area contributed by atoms with E-state index in [1.165, 1.54) is 148 Å². The number of unbranched alkanes of at least 4 members (excludes halogenated alkanes) is 27. The molecule has 0 bridgehead atoms. The molecule has 0 aliphatic carbocycles. The van der Waals surface area contributed by atoms with Crippen LogP contribution in [0.25, 0.3) is 0 Å². The molecule has 0 rings (SSSR count). The fourth-order valence-corrected chi connectivity index (χ4v) is 9.84. The Morgan fingerprint density at radius 3 is 1.00 bits per heavy atom. The molecule has 0 heterocycles. The summed E-state index contributed by atoms with van der Waals surface area (Å²) in [5, 5.41) is 0. The molecular weight excluding hydrogens is 1050 g/mol. The zero-order chi connectivity index (χ0) is 60.1. The first-order valence-corrected chi connectivity index (χ1v) is 35.2. The van der Waals surface area contributed by atoms with Crippen molar-refractivity contribution in [2.75, 3.05) is 26.4 Å². The highest BCUT2D eigenvalue weighted by atomic mass is 31.2. The number of hydrogen-bond acceptors (Lipinski definition) is 8. The molecule has 0 aliphatic rings. The number of carbonyl (C=O) groups is 2. The molecule has 0 aliphatic heterocycles. The summed E-state index contributed by atoms with van der Waals surface area (Å²) in [4.78, 5) is 35.3. The Balaban J connectivity index is 4.00. The molecule has 2 unspecified atom stereocenters. The second kappa shape index (κ2) is 67.3. The van der Waals surface area contributed by atoms with Gasteiger partial charge in [-0.3, -0.25) is 18.6 Å². The topological polar surface area (TPSA) is 134 Å². The summed E-state index contributed by atoms with van der Waals surface area (Å²) in [6.45, 7) is 3.59. The third-order valence-electron chi connectivity index (χ3n) is 14.0. The molecule has 0 radical (unpaired) electrons. The molecule has 83 heavy (non-hydrogen) atoms. The Morgan fingerprint density at radius 2 is 0.663 bits per heavy atom. The van der Waals surface area contributed by atoms with Crippen LogP contribution in [0.15, 0.2) is 134 Å². The van der Waals surface area contributed by atoms with E-state index in [0.29, 0.717) is 6.42 Å². The van der Waals surface area contributed by atoms with Gasteiger partial charge in [0.05, 0.1) is 13.2 Å². The van der Waals surface area contributed by atoms with Crippen LogP contribution in [-0.4, -0.2) is 49.3 Å².